The molecule has 0 aromatic heterocycles. The van der Waals surface area contributed by atoms with Crippen LogP contribution in [0.4, 0.5) is 93.5 Å². The second-order valence-electron chi connectivity index (χ2n) is 13.8. The van der Waals surface area contributed by atoms with Gasteiger partial charge in [0, 0.05) is 23.3 Å². The first-order chi connectivity index (χ1) is 31.6. The number of ketones is 1. The standard InChI is InChI=1S/C24BF20.C17H14NO4S/c26-5-1(6(27)14(35)21(42)13(5)34)25(2-7(28)15(36)22(43)16(37)8(2)29,3-9(30)17(38)23(44)18(39)10(3)31)4-11(32)19(40)24(45)20(41)12(4)33;1-23(22,12-11-14-5-3-2-4-6-14)13-17(19)15-7-9-16(10-8-15)18(20)21/h;2-10H,13H2,1H3/q-1;+1. The zero-order valence-corrected chi connectivity index (χ0v) is 33.3. The van der Waals surface area contributed by atoms with Crippen LogP contribution in [0.2, 0.25) is 0 Å². The lowest BCUT2D eigenvalue weighted by atomic mass is 9.12. The van der Waals surface area contributed by atoms with Crippen LogP contribution >= 0.6 is 0 Å². The van der Waals surface area contributed by atoms with E-state index in [9.17, 15) is 71.8 Å². The summed E-state index contributed by atoms with van der Waals surface area (Å²) >= 11 is 0. The minimum atomic E-state index is -7.22. The number of benzene rings is 6. The summed E-state index contributed by atoms with van der Waals surface area (Å²) in [6.07, 6.45) is -5.78. The zero-order chi connectivity index (χ0) is 51.2. The molecule has 356 valence electrons. The predicted octanol–water partition coefficient (Wildman–Crippen LogP) is 8.76. The Morgan fingerprint density at radius 3 is 1.00 bits per heavy atom. The van der Waals surface area contributed by atoms with Crippen LogP contribution in [-0.2, 0) is 14.1 Å². The highest BCUT2D eigenvalue weighted by Crippen LogP contribution is 2.31. The van der Waals surface area contributed by atoms with E-state index < -0.39 is 159 Å². The number of Topliss-reactive ketones (excluding diaryl/α,β-unsaturated/α-hetero) is 1. The van der Waals surface area contributed by atoms with E-state index in [1.54, 1.807) is 12.1 Å². The Morgan fingerprint density at radius 1 is 0.471 bits per heavy atom. The van der Waals surface area contributed by atoms with Gasteiger partial charge < -0.3 is 0 Å². The summed E-state index contributed by atoms with van der Waals surface area (Å²) in [5, 5.41) is 13.2. The van der Waals surface area contributed by atoms with E-state index in [0.717, 1.165) is 5.56 Å². The maximum absolute atomic E-state index is 15.4. The highest BCUT2D eigenvalue weighted by Gasteiger charge is 2.52. The molecule has 0 aliphatic carbocycles. The number of halogens is 20. The predicted molar refractivity (Wildman–Crippen MR) is 199 cm³/mol. The number of rotatable bonds is 8. The molecule has 1 atom stereocenters. The first-order valence-electron chi connectivity index (χ1n) is 17.6. The molecular weight excluding hydrogens is 993 g/mol. The van der Waals surface area contributed by atoms with E-state index in [2.05, 4.69) is 11.2 Å². The summed E-state index contributed by atoms with van der Waals surface area (Å²) in [7, 11) is -2.65. The van der Waals surface area contributed by atoms with Crippen LogP contribution in [0.1, 0.15) is 15.9 Å². The van der Waals surface area contributed by atoms with Gasteiger partial charge in [0.25, 0.3) is 5.69 Å². The molecule has 1 unspecified atom stereocenters. The van der Waals surface area contributed by atoms with Gasteiger partial charge in [0.05, 0.1) is 4.92 Å². The Bertz CT molecular complexity index is 2820. The van der Waals surface area contributed by atoms with Crippen LogP contribution in [0.5, 0.6) is 0 Å². The summed E-state index contributed by atoms with van der Waals surface area (Å²) < 4.78 is 306. The summed E-state index contributed by atoms with van der Waals surface area (Å²) in [6, 6.07) is 14.3. The Morgan fingerprint density at radius 2 is 0.735 bits per heavy atom. The number of nitro groups is 1. The number of nitro benzene ring substituents is 1. The fourth-order valence-electron chi connectivity index (χ4n) is 6.70. The monoisotopic (exact) mass is 1010 g/mol. The van der Waals surface area contributed by atoms with Crippen LogP contribution in [0.3, 0.4) is 0 Å². The van der Waals surface area contributed by atoms with Crippen molar-refractivity contribution < 1.29 is 102 Å². The maximum Gasteiger partial charge on any atom is 0.269 e. The third-order valence-electron chi connectivity index (χ3n) is 9.70. The first-order valence-corrected chi connectivity index (χ1v) is 19.8. The molecule has 0 amide bonds. The molecule has 6 rings (SSSR count). The molecule has 0 bridgehead atoms. The number of carbonyl (C=O) groups is 1. The Labute approximate surface area is 366 Å². The maximum atomic E-state index is 15.4. The summed E-state index contributed by atoms with van der Waals surface area (Å²) in [6.45, 7) is 0. The van der Waals surface area contributed by atoms with Crippen LogP contribution in [0.15, 0.2) is 54.6 Å². The van der Waals surface area contributed by atoms with E-state index in [-0.39, 0.29) is 22.8 Å². The molecule has 0 saturated heterocycles. The SMILES string of the molecule is C[S+](=O)(C#Cc1ccccc1)CC(=O)c1ccc([N+](=O)[O-])cc1.Fc1c(F)c(F)c([B-](c2c(F)c(F)c(F)c(F)c2F)(c2c(F)c(F)c(F)c(F)c2F)c2c(F)c(F)c(F)c(F)c2F)c(F)c1F. The van der Waals surface area contributed by atoms with Crippen LogP contribution in [0, 0.1) is 138 Å². The van der Waals surface area contributed by atoms with Gasteiger partial charge in [-0.15, -0.1) is 21.9 Å². The number of hydrogen-bond donors (Lipinski definition) is 0. The van der Waals surface area contributed by atoms with Crippen molar-refractivity contribution in [1.82, 2.24) is 0 Å². The van der Waals surface area contributed by atoms with Gasteiger partial charge in [-0.3, -0.25) is 14.9 Å². The van der Waals surface area contributed by atoms with E-state index in [0.29, 0.717) is 0 Å². The van der Waals surface area contributed by atoms with Crippen molar-refractivity contribution in [2.75, 3.05) is 12.0 Å². The van der Waals surface area contributed by atoms with E-state index in [4.69, 9.17) is 0 Å². The topological polar surface area (TPSA) is 77.3 Å². The van der Waals surface area contributed by atoms with Crippen molar-refractivity contribution in [3.05, 3.63) is 192 Å². The van der Waals surface area contributed by atoms with Crippen LogP contribution < -0.4 is 21.9 Å². The molecule has 0 spiro atoms. The molecule has 0 radical (unpaired) electrons. The molecule has 0 N–H and O–H groups in total. The van der Waals surface area contributed by atoms with Gasteiger partial charge in [0.1, 0.15) is 58.9 Å². The van der Waals surface area contributed by atoms with E-state index in [1.807, 2.05) is 18.2 Å². The molecule has 0 heterocycles. The van der Waals surface area contributed by atoms with E-state index in [1.165, 1.54) is 30.5 Å². The summed E-state index contributed by atoms with van der Waals surface area (Å²) in [4.78, 5) is 22.2. The van der Waals surface area contributed by atoms with Crippen molar-refractivity contribution in [1.29, 1.82) is 0 Å². The molecule has 5 nitrogen and oxygen atoms in total. The smallest absolute Gasteiger partial charge is 0.269 e. The van der Waals surface area contributed by atoms with Crippen molar-refractivity contribution in [3.63, 3.8) is 0 Å². The third kappa shape index (κ3) is 8.74. The van der Waals surface area contributed by atoms with Crippen molar-refractivity contribution in [2.24, 2.45) is 0 Å². The Kier molecular flexibility index (Phi) is 14.6. The molecule has 0 aliphatic rings. The number of carbonyl (C=O) groups excluding carboxylic acids is 1. The summed E-state index contributed by atoms with van der Waals surface area (Å²) in [5.74, 6) is -69.2. The third-order valence-corrected chi connectivity index (χ3v) is 11.0. The second kappa shape index (κ2) is 19.2. The minimum absolute atomic E-state index is 0.0948. The van der Waals surface area contributed by atoms with Gasteiger partial charge in [0.2, 0.25) is 5.78 Å². The fraction of sp³-hybridized carbons (Fsp3) is 0.0488. The Hall–Kier alpha value is -7.24. The van der Waals surface area contributed by atoms with Gasteiger partial charge in [-0.1, -0.05) is 22.4 Å². The highest BCUT2D eigenvalue weighted by atomic mass is 32.2. The zero-order valence-electron chi connectivity index (χ0n) is 32.5. The van der Waals surface area contributed by atoms with Crippen molar-refractivity contribution in [3.8, 4) is 11.2 Å². The average Bonchev–Trinajstić information content (AvgIpc) is 3.31. The van der Waals surface area contributed by atoms with Crippen LogP contribution in [-0.4, -0.2) is 28.9 Å². The van der Waals surface area contributed by atoms with Gasteiger partial charge in [-0.05, 0) is 30.2 Å². The van der Waals surface area contributed by atoms with Gasteiger partial charge in [-0.25, -0.2) is 87.8 Å². The second-order valence-corrected chi connectivity index (χ2v) is 16.3. The number of nitrogens with zero attached hydrogens (tertiary/aromatic N) is 1. The lowest BCUT2D eigenvalue weighted by molar-refractivity contribution is -0.384. The molecule has 68 heavy (non-hydrogen) atoms. The fourth-order valence-corrected chi connectivity index (χ4v) is 7.77. The lowest BCUT2D eigenvalue weighted by Gasteiger charge is -2.44. The minimum Gasteiger partial charge on any atom is -0.289 e. The highest BCUT2D eigenvalue weighted by molar-refractivity contribution is 8.07. The van der Waals surface area contributed by atoms with Crippen molar-refractivity contribution in [2.45, 2.75) is 0 Å². The largest absolute Gasteiger partial charge is 0.289 e. The molecule has 0 saturated carbocycles. The van der Waals surface area contributed by atoms with Gasteiger partial charge >= 0.3 is 0 Å². The Balaban J connectivity index is 0.000000314. The average molecular weight is 1010 g/mol. The van der Waals surface area contributed by atoms with Crippen LogP contribution in [0.25, 0.3) is 0 Å². The number of non-ortho nitro benzene ring substituents is 1. The lowest BCUT2D eigenvalue weighted by Crippen LogP contribution is -2.81. The molecule has 0 aliphatic heterocycles. The quantitative estimate of drug-likeness (QED) is 0.0176. The first kappa shape index (κ1) is 51.7. The molecule has 6 aromatic rings. The normalized spacial score (nSPS) is 12.2. The van der Waals surface area contributed by atoms with Gasteiger partial charge in [0.15, 0.2) is 90.7 Å². The van der Waals surface area contributed by atoms with E-state index >= 15 is 35.1 Å². The van der Waals surface area contributed by atoms with Gasteiger partial charge in [-0.2, -0.15) is 0 Å². The summed E-state index contributed by atoms with van der Waals surface area (Å²) in [5.41, 5.74) is -13.4. The molecule has 0 fully saturated rings. The van der Waals surface area contributed by atoms with Crippen molar-refractivity contribution >= 4 is 49.4 Å². The molecular formula is C41H14BF20NO4S. The number of hydrogen-bond acceptors (Lipinski definition) is 4. The molecule has 27 heteroatoms. The molecule has 6 aromatic carbocycles.